The third-order valence-corrected chi connectivity index (χ3v) is 4.19. The summed E-state index contributed by atoms with van der Waals surface area (Å²) in [6, 6.07) is 8.59. The van der Waals surface area contributed by atoms with Crippen molar-refractivity contribution in [1.29, 1.82) is 5.26 Å². The SMILES string of the molecule is CSc1nc(N)nc(SCc2ccccc2F)c1C#N. The van der Waals surface area contributed by atoms with E-state index >= 15 is 0 Å². The third-order valence-electron chi connectivity index (χ3n) is 2.49. The summed E-state index contributed by atoms with van der Waals surface area (Å²) < 4.78 is 13.6. The van der Waals surface area contributed by atoms with Crippen molar-refractivity contribution in [2.24, 2.45) is 0 Å². The number of thioether (sulfide) groups is 2. The number of nitriles is 1. The number of anilines is 1. The van der Waals surface area contributed by atoms with Gasteiger partial charge in [-0.25, -0.2) is 14.4 Å². The first-order chi connectivity index (χ1) is 9.65. The molecule has 1 aromatic heterocycles. The Morgan fingerprint density at radius 3 is 2.65 bits per heavy atom. The van der Waals surface area contributed by atoms with Crippen molar-refractivity contribution in [2.45, 2.75) is 15.8 Å². The summed E-state index contributed by atoms with van der Waals surface area (Å²) in [6.45, 7) is 0. The van der Waals surface area contributed by atoms with Crippen molar-refractivity contribution >= 4 is 29.5 Å². The Hall–Kier alpha value is -1.78. The molecule has 0 amide bonds. The summed E-state index contributed by atoms with van der Waals surface area (Å²) in [5, 5.41) is 10.2. The smallest absolute Gasteiger partial charge is 0.222 e. The minimum atomic E-state index is -0.273. The van der Waals surface area contributed by atoms with Gasteiger partial charge in [0, 0.05) is 5.75 Å². The molecule has 4 nitrogen and oxygen atoms in total. The van der Waals surface area contributed by atoms with Gasteiger partial charge in [-0.15, -0.1) is 11.8 Å². The molecule has 0 radical (unpaired) electrons. The van der Waals surface area contributed by atoms with Crippen LogP contribution in [-0.4, -0.2) is 16.2 Å². The van der Waals surface area contributed by atoms with Gasteiger partial charge < -0.3 is 5.73 Å². The van der Waals surface area contributed by atoms with Crippen LogP contribution in [0.5, 0.6) is 0 Å². The molecule has 0 fully saturated rings. The molecule has 0 atom stereocenters. The lowest BCUT2D eigenvalue weighted by molar-refractivity contribution is 0.617. The van der Waals surface area contributed by atoms with Gasteiger partial charge >= 0.3 is 0 Å². The molecule has 1 aromatic carbocycles. The summed E-state index contributed by atoms with van der Waals surface area (Å²) in [6.07, 6.45) is 1.81. The molecule has 102 valence electrons. The molecule has 20 heavy (non-hydrogen) atoms. The fourth-order valence-electron chi connectivity index (χ4n) is 1.55. The molecule has 2 N–H and O–H groups in total. The van der Waals surface area contributed by atoms with E-state index in [1.54, 1.807) is 18.2 Å². The maximum absolute atomic E-state index is 13.6. The standard InChI is InChI=1S/C13H11FN4S2/c1-19-11-9(6-15)12(18-13(16)17-11)20-7-8-4-2-3-5-10(8)14/h2-5H,7H2,1H3,(H2,16,17,18). The van der Waals surface area contributed by atoms with E-state index in [0.29, 0.717) is 26.9 Å². The van der Waals surface area contributed by atoms with Crippen molar-refractivity contribution < 1.29 is 4.39 Å². The van der Waals surface area contributed by atoms with Gasteiger partial charge in [-0.3, -0.25) is 0 Å². The van der Waals surface area contributed by atoms with E-state index in [0.717, 1.165) is 0 Å². The minimum Gasteiger partial charge on any atom is -0.368 e. The van der Waals surface area contributed by atoms with Gasteiger partial charge in [-0.1, -0.05) is 30.0 Å². The van der Waals surface area contributed by atoms with Gasteiger partial charge in [0.25, 0.3) is 0 Å². The van der Waals surface area contributed by atoms with Gasteiger partial charge in [0.2, 0.25) is 5.95 Å². The number of aromatic nitrogens is 2. The van der Waals surface area contributed by atoms with Crippen LogP contribution in [0.15, 0.2) is 34.3 Å². The zero-order chi connectivity index (χ0) is 14.5. The molecule has 0 aliphatic heterocycles. The highest BCUT2D eigenvalue weighted by Gasteiger charge is 2.14. The molecular formula is C13H11FN4S2. The Balaban J connectivity index is 2.28. The normalized spacial score (nSPS) is 10.2. The summed E-state index contributed by atoms with van der Waals surface area (Å²) in [5.74, 6) is 0.223. The Morgan fingerprint density at radius 2 is 2.00 bits per heavy atom. The first-order valence-corrected chi connectivity index (χ1v) is 7.84. The fraction of sp³-hybridized carbons (Fsp3) is 0.154. The van der Waals surface area contributed by atoms with E-state index in [1.807, 2.05) is 6.26 Å². The summed E-state index contributed by atoms with van der Waals surface area (Å²) in [4.78, 5) is 8.08. The zero-order valence-corrected chi connectivity index (χ0v) is 12.3. The number of nitrogens with zero attached hydrogens (tertiary/aromatic N) is 3. The first-order valence-electron chi connectivity index (χ1n) is 5.63. The van der Waals surface area contributed by atoms with E-state index in [9.17, 15) is 9.65 Å². The maximum atomic E-state index is 13.6. The van der Waals surface area contributed by atoms with Gasteiger partial charge in [-0.05, 0) is 17.9 Å². The van der Waals surface area contributed by atoms with Crippen molar-refractivity contribution in [2.75, 3.05) is 12.0 Å². The Morgan fingerprint density at radius 1 is 1.30 bits per heavy atom. The number of halogens is 1. The molecule has 0 saturated heterocycles. The molecule has 7 heteroatoms. The Kier molecular flexibility index (Phi) is 4.82. The number of nitrogens with two attached hydrogens (primary N) is 1. The lowest BCUT2D eigenvalue weighted by atomic mass is 10.2. The van der Waals surface area contributed by atoms with Crippen LogP contribution in [0.1, 0.15) is 11.1 Å². The van der Waals surface area contributed by atoms with E-state index in [2.05, 4.69) is 16.0 Å². The fourth-order valence-corrected chi connectivity index (χ4v) is 3.11. The number of rotatable bonds is 4. The van der Waals surface area contributed by atoms with Gasteiger partial charge in [0.05, 0.1) is 0 Å². The van der Waals surface area contributed by atoms with E-state index in [4.69, 9.17) is 5.73 Å². The highest BCUT2D eigenvalue weighted by atomic mass is 32.2. The number of nitrogen functional groups attached to an aromatic ring is 1. The van der Waals surface area contributed by atoms with Crippen LogP contribution in [0.3, 0.4) is 0 Å². The number of benzene rings is 1. The van der Waals surface area contributed by atoms with Gasteiger partial charge in [-0.2, -0.15) is 5.26 Å². The van der Waals surface area contributed by atoms with Crippen LogP contribution in [0.4, 0.5) is 10.3 Å². The van der Waals surface area contributed by atoms with Crippen molar-refractivity contribution in [1.82, 2.24) is 9.97 Å². The Labute approximate surface area is 124 Å². The predicted octanol–water partition coefficient (Wildman–Crippen LogP) is 3.08. The second-order valence-electron chi connectivity index (χ2n) is 3.76. The molecule has 0 saturated carbocycles. The van der Waals surface area contributed by atoms with Crippen LogP contribution in [-0.2, 0) is 5.75 Å². The number of hydrogen-bond acceptors (Lipinski definition) is 6. The average Bonchev–Trinajstić information content (AvgIpc) is 2.45. The molecule has 0 aliphatic rings. The van der Waals surface area contributed by atoms with Crippen LogP contribution in [0.25, 0.3) is 0 Å². The van der Waals surface area contributed by atoms with Crippen LogP contribution < -0.4 is 5.73 Å². The van der Waals surface area contributed by atoms with Crippen molar-refractivity contribution in [3.05, 3.63) is 41.2 Å². The minimum absolute atomic E-state index is 0.115. The molecule has 2 rings (SSSR count). The lowest BCUT2D eigenvalue weighted by Gasteiger charge is -2.07. The monoisotopic (exact) mass is 306 g/mol. The predicted molar refractivity (Wildman–Crippen MR) is 78.9 cm³/mol. The maximum Gasteiger partial charge on any atom is 0.222 e. The quantitative estimate of drug-likeness (QED) is 0.691. The van der Waals surface area contributed by atoms with E-state index in [-0.39, 0.29) is 11.8 Å². The van der Waals surface area contributed by atoms with E-state index < -0.39 is 0 Å². The summed E-state index contributed by atoms with van der Waals surface area (Å²) >= 11 is 2.61. The topological polar surface area (TPSA) is 75.6 Å². The van der Waals surface area contributed by atoms with Crippen molar-refractivity contribution in [3.63, 3.8) is 0 Å². The molecule has 0 spiro atoms. The first kappa shape index (κ1) is 14.6. The summed E-state index contributed by atoms with van der Waals surface area (Å²) in [7, 11) is 0. The van der Waals surface area contributed by atoms with Gasteiger partial charge in [0.1, 0.15) is 27.5 Å². The Bertz CT molecular complexity index is 670. The van der Waals surface area contributed by atoms with E-state index in [1.165, 1.54) is 29.6 Å². The summed E-state index contributed by atoms with van der Waals surface area (Å²) in [5.41, 5.74) is 6.57. The largest absolute Gasteiger partial charge is 0.368 e. The lowest BCUT2D eigenvalue weighted by Crippen LogP contribution is -2.01. The zero-order valence-electron chi connectivity index (χ0n) is 10.6. The molecule has 1 heterocycles. The highest BCUT2D eigenvalue weighted by Crippen LogP contribution is 2.30. The third kappa shape index (κ3) is 3.21. The molecule has 0 aliphatic carbocycles. The van der Waals surface area contributed by atoms with Crippen molar-refractivity contribution in [3.8, 4) is 6.07 Å². The highest BCUT2D eigenvalue weighted by molar-refractivity contribution is 7.99. The van der Waals surface area contributed by atoms with Crippen LogP contribution >= 0.6 is 23.5 Å². The second kappa shape index (κ2) is 6.59. The molecule has 0 unspecified atom stereocenters. The molecule has 2 aromatic rings. The van der Waals surface area contributed by atoms with Crippen LogP contribution in [0.2, 0.25) is 0 Å². The van der Waals surface area contributed by atoms with Gasteiger partial charge in [0.15, 0.2) is 0 Å². The second-order valence-corrected chi connectivity index (χ2v) is 5.52. The molecule has 0 bridgehead atoms. The number of hydrogen-bond donors (Lipinski definition) is 1. The average molecular weight is 306 g/mol. The van der Waals surface area contributed by atoms with Crippen LogP contribution in [0, 0.1) is 17.1 Å². The molecular weight excluding hydrogens is 295 g/mol.